The van der Waals surface area contributed by atoms with Crippen LogP contribution < -0.4 is 27.8 Å². The Bertz CT molecular complexity index is 817. The van der Waals surface area contributed by atoms with Gasteiger partial charge in [-0.3, -0.25) is 28.8 Å². The van der Waals surface area contributed by atoms with E-state index in [1.54, 1.807) is 0 Å². The first kappa shape index (κ1) is 27.3. The van der Waals surface area contributed by atoms with Crippen LogP contribution in [0.5, 0.6) is 0 Å². The van der Waals surface area contributed by atoms with Crippen LogP contribution >= 0.6 is 0 Å². The highest BCUT2D eigenvalue weighted by molar-refractivity contribution is 5.96. The number of carboxylic acids is 2. The first-order chi connectivity index (χ1) is 15.3. The molecule has 15 heteroatoms. The van der Waals surface area contributed by atoms with Gasteiger partial charge in [-0.1, -0.05) is 0 Å². The Morgan fingerprint density at radius 2 is 1.55 bits per heavy atom. The molecule has 0 aromatic carbocycles. The minimum absolute atomic E-state index is 0.162. The number of primary amides is 2. The summed E-state index contributed by atoms with van der Waals surface area (Å²) >= 11 is 0. The molecule has 0 aliphatic carbocycles. The second kappa shape index (κ2) is 12.3. The quantitative estimate of drug-likeness (QED) is 0.136. The molecule has 1 aliphatic rings. The van der Waals surface area contributed by atoms with Gasteiger partial charge >= 0.3 is 11.9 Å². The third-order valence-corrected chi connectivity index (χ3v) is 4.88. The number of carbonyl (C=O) groups is 7. The van der Waals surface area contributed by atoms with E-state index in [0.717, 1.165) is 4.90 Å². The third-order valence-electron chi connectivity index (χ3n) is 4.88. The van der Waals surface area contributed by atoms with Crippen molar-refractivity contribution >= 4 is 41.5 Å². The van der Waals surface area contributed by atoms with Crippen LogP contribution in [0.4, 0.5) is 0 Å². The molecule has 0 saturated carbocycles. The molecule has 4 unspecified atom stereocenters. The van der Waals surface area contributed by atoms with Crippen molar-refractivity contribution in [3.05, 3.63) is 0 Å². The predicted molar refractivity (Wildman–Crippen MR) is 109 cm³/mol. The summed E-state index contributed by atoms with van der Waals surface area (Å²) in [7, 11) is 0. The SMILES string of the molecule is NC(=O)CC(N)C(=O)N1CCCC1C(=O)NC(CCC(=O)O)C(=O)NC(CC(N)=O)C(=O)O. The molecular weight excluding hydrogens is 444 g/mol. The lowest BCUT2D eigenvalue weighted by molar-refractivity contribution is -0.144. The molecule has 1 heterocycles. The average molecular weight is 472 g/mol. The van der Waals surface area contributed by atoms with Crippen molar-refractivity contribution in [3.63, 3.8) is 0 Å². The minimum atomic E-state index is -1.68. The highest BCUT2D eigenvalue weighted by Gasteiger charge is 2.38. The molecule has 4 atom stereocenters. The van der Waals surface area contributed by atoms with E-state index in [2.05, 4.69) is 5.32 Å². The summed E-state index contributed by atoms with van der Waals surface area (Å²) in [6.07, 6.45) is -1.43. The van der Waals surface area contributed by atoms with Gasteiger partial charge in [0.05, 0.1) is 18.9 Å². The topological polar surface area (TPSA) is 265 Å². The van der Waals surface area contributed by atoms with Crippen LogP contribution in [-0.2, 0) is 33.6 Å². The Hall–Kier alpha value is -3.75. The number of aliphatic carboxylic acids is 2. The van der Waals surface area contributed by atoms with Gasteiger partial charge in [0.25, 0.3) is 0 Å². The molecule has 184 valence electrons. The summed E-state index contributed by atoms with van der Waals surface area (Å²) in [4.78, 5) is 83.3. The summed E-state index contributed by atoms with van der Waals surface area (Å²) in [5.41, 5.74) is 15.7. The zero-order chi connectivity index (χ0) is 25.3. The number of hydrogen-bond donors (Lipinski definition) is 7. The fourth-order valence-electron chi connectivity index (χ4n) is 3.30. The highest BCUT2D eigenvalue weighted by atomic mass is 16.4. The van der Waals surface area contributed by atoms with Crippen LogP contribution in [0.25, 0.3) is 0 Å². The first-order valence-corrected chi connectivity index (χ1v) is 10.0. The summed E-state index contributed by atoms with van der Waals surface area (Å²) in [6, 6.07) is -5.46. The van der Waals surface area contributed by atoms with E-state index >= 15 is 0 Å². The Labute approximate surface area is 188 Å². The molecule has 0 bridgehead atoms. The molecule has 1 fully saturated rings. The molecule has 33 heavy (non-hydrogen) atoms. The fourth-order valence-corrected chi connectivity index (χ4v) is 3.30. The number of rotatable bonds is 13. The van der Waals surface area contributed by atoms with Crippen molar-refractivity contribution in [1.82, 2.24) is 15.5 Å². The van der Waals surface area contributed by atoms with Gasteiger partial charge in [-0.15, -0.1) is 0 Å². The van der Waals surface area contributed by atoms with Crippen LogP contribution in [0.2, 0.25) is 0 Å². The Morgan fingerprint density at radius 1 is 0.939 bits per heavy atom. The number of carboxylic acid groups (broad SMARTS) is 2. The second-order valence-corrected chi connectivity index (χ2v) is 7.53. The van der Waals surface area contributed by atoms with Gasteiger partial charge in [0, 0.05) is 13.0 Å². The van der Waals surface area contributed by atoms with Crippen LogP contribution in [0, 0.1) is 0 Å². The lowest BCUT2D eigenvalue weighted by atomic mass is 10.1. The second-order valence-electron chi connectivity index (χ2n) is 7.53. The van der Waals surface area contributed by atoms with E-state index in [-0.39, 0.29) is 13.0 Å². The van der Waals surface area contributed by atoms with Crippen molar-refractivity contribution in [2.75, 3.05) is 6.54 Å². The van der Waals surface area contributed by atoms with Crippen LogP contribution in [0.15, 0.2) is 0 Å². The van der Waals surface area contributed by atoms with Crippen molar-refractivity contribution < 1.29 is 43.8 Å². The summed E-state index contributed by atoms with van der Waals surface area (Å²) in [5, 5.41) is 22.4. The molecule has 0 aromatic rings. The molecule has 10 N–H and O–H groups in total. The largest absolute Gasteiger partial charge is 0.481 e. The number of amides is 5. The minimum Gasteiger partial charge on any atom is -0.481 e. The lowest BCUT2D eigenvalue weighted by Crippen LogP contribution is -2.57. The Kier molecular flexibility index (Phi) is 10.2. The van der Waals surface area contributed by atoms with Gasteiger partial charge in [0.2, 0.25) is 29.5 Å². The standard InChI is InChI=1S/C18H28N6O9/c19-8(6-12(20)25)17(31)24-5-1-2-11(24)16(30)22-9(3-4-14(27)28)15(29)23-10(18(32)33)7-13(21)26/h8-11H,1-7,19H2,(H2,20,25)(H2,21,26)(H,22,30)(H,23,29)(H,27,28)(H,32,33). The zero-order valence-corrected chi connectivity index (χ0v) is 17.7. The van der Waals surface area contributed by atoms with E-state index in [4.69, 9.17) is 27.4 Å². The Morgan fingerprint density at radius 3 is 2.06 bits per heavy atom. The number of likely N-dealkylation sites (tertiary alicyclic amines) is 1. The average Bonchev–Trinajstić information content (AvgIpc) is 3.18. The van der Waals surface area contributed by atoms with Gasteiger partial charge < -0.3 is 42.9 Å². The molecule has 1 aliphatic heterocycles. The molecule has 1 rings (SSSR count). The van der Waals surface area contributed by atoms with E-state index in [1.165, 1.54) is 0 Å². The molecule has 15 nitrogen and oxygen atoms in total. The van der Waals surface area contributed by atoms with Gasteiger partial charge in [-0.25, -0.2) is 4.79 Å². The van der Waals surface area contributed by atoms with Crippen LogP contribution in [-0.4, -0.2) is 87.3 Å². The molecule has 0 aromatic heterocycles. The molecule has 5 amide bonds. The number of carbonyl (C=O) groups excluding carboxylic acids is 5. The number of hydrogen-bond acceptors (Lipinski definition) is 8. The van der Waals surface area contributed by atoms with E-state index in [1.807, 2.05) is 5.32 Å². The van der Waals surface area contributed by atoms with Gasteiger partial charge in [0.1, 0.15) is 18.1 Å². The molecular formula is C18H28N6O9. The summed E-state index contributed by atoms with van der Waals surface area (Å²) in [6.45, 7) is 0.162. The van der Waals surface area contributed by atoms with Gasteiger partial charge in [-0.05, 0) is 19.3 Å². The zero-order valence-electron chi connectivity index (χ0n) is 17.7. The van der Waals surface area contributed by atoms with Crippen molar-refractivity contribution in [2.45, 2.75) is 62.7 Å². The van der Waals surface area contributed by atoms with Crippen molar-refractivity contribution in [2.24, 2.45) is 17.2 Å². The molecule has 0 radical (unpaired) electrons. The van der Waals surface area contributed by atoms with Gasteiger partial charge in [-0.2, -0.15) is 0 Å². The smallest absolute Gasteiger partial charge is 0.326 e. The van der Waals surface area contributed by atoms with Crippen molar-refractivity contribution in [3.8, 4) is 0 Å². The van der Waals surface area contributed by atoms with Gasteiger partial charge in [0.15, 0.2) is 0 Å². The van der Waals surface area contributed by atoms with Crippen LogP contribution in [0.3, 0.4) is 0 Å². The number of nitrogens with zero attached hydrogens (tertiary/aromatic N) is 1. The fraction of sp³-hybridized carbons (Fsp3) is 0.611. The number of nitrogens with two attached hydrogens (primary N) is 3. The van der Waals surface area contributed by atoms with Crippen LogP contribution in [0.1, 0.15) is 38.5 Å². The monoisotopic (exact) mass is 472 g/mol. The molecule has 1 saturated heterocycles. The Balaban J connectivity index is 2.96. The maximum absolute atomic E-state index is 12.8. The summed E-state index contributed by atoms with van der Waals surface area (Å²) < 4.78 is 0. The normalized spacial score (nSPS) is 18.0. The lowest BCUT2D eigenvalue weighted by Gasteiger charge is -2.28. The van der Waals surface area contributed by atoms with E-state index < -0.39 is 91.3 Å². The maximum Gasteiger partial charge on any atom is 0.326 e. The summed E-state index contributed by atoms with van der Waals surface area (Å²) in [5.74, 6) is -7.15. The predicted octanol–water partition coefficient (Wildman–Crippen LogP) is -4.03. The number of nitrogens with one attached hydrogen (secondary N) is 2. The van der Waals surface area contributed by atoms with E-state index in [9.17, 15) is 33.6 Å². The first-order valence-electron chi connectivity index (χ1n) is 10.0. The van der Waals surface area contributed by atoms with E-state index in [0.29, 0.717) is 6.42 Å². The third kappa shape index (κ3) is 8.72. The molecule has 0 spiro atoms. The highest BCUT2D eigenvalue weighted by Crippen LogP contribution is 2.19. The maximum atomic E-state index is 12.8. The van der Waals surface area contributed by atoms with Crippen molar-refractivity contribution in [1.29, 1.82) is 0 Å².